The predicted octanol–water partition coefficient (Wildman–Crippen LogP) is 0.613. The predicted molar refractivity (Wildman–Crippen MR) is 86.4 cm³/mol. The number of hydrogen-bond donors (Lipinski definition) is 1. The first-order valence-corrected chi connectivity index (χ1v) is 8.42. The van der Waals surface area contributed by atoms with E-state index in [2.05, 4.69) is 41.2 Å². The Morgan fingerprint density at radius 3 is 2.48 bits per heavy atom. The van der Waals surface area contributed by atoms with E-state index in [1.807, 2.05) is 0 Å². The molecule has 0 saturated carbocycles. The maximum Gasteiger partial charge on any atom is 0.224 e. The number of piperidine rings is 1. The van der Waals surface area contributed by atoms with Crippen LogP contribution in [0.5, 0.6) is 0 Å². The Bertz CT molecular complexity index is 320. The quantitative estimate of drug-likeness (QED) is 0.780. The normalized spacial score (nSPS) is 24.7. The lowest BCUT2D eigenvalue weighted by Gasteiger charge is -2.38. The van der Waals surface area contributed by atoms with Gasteiger partial charge in [-0.15, -0.1) is 0 Å². The molecule has 0 aromatic rings. The van der Waals surface area contributed by atoms with Crippen molar-refractivity contribution >= 4 is 5.91 Å². The van der Waals surface area contributed by atoms with Crippen LogP contribution in [0.4, 0.5) is 0 Å². The summed E-state index contributed by atoms with van der Waals surface area (Å²) in [6.07, 6.45) is 5.28. The molecule has 5 nitrogen and oxygen atoms in total. The number of rotatable bonds is 6. The van der Waals surface area contributed by atoms with Crippen molar-refractivity contribution in [3.8, 4) is 0 Å². The molecule has 0 bridgehead atoms. The summed E-state index contributed by atoms with van der Waals surface area (Å²) in [5.41, 5.74) is 0. The van der Waals surface area contributed by atoms with Gasteiger partial charge in [0.05, 0.1) is 0 Å². The highest BCUT2D eigenvalue weighted by atomic mass is 16.2. The molecule has 2 heterocycles. The molecule has 2 fully saturated rings. The standard InChI is InChI=1S/C16H32N4O/c1-18(2)11-12-20(15-6-9-19(3)10-7-15)16(21)13-14-5-4-8-17-14/h14-15,17H,4-13H2,1-3H3. The Morgan fingerprint density at radius 1 is 1.19 bits per heavy atom. The number of carbonyl (C=O) groups excluding carboxylic acids is 1. The van der Waals surface area contributed by atoms with Gasteiger partial charge in [-0.3, -0.25) is 4.79 Å². The van der Waals surface area contributed by atoms with Crippen molar-refractivity contribution in [2.45, 2.75) is 44.2 Å². The number of likely N-dealkylation sites (tertiary alicyclic amines) is 1. The Balaban J connectivity index is 1.91. The van der Waals surface area contributed by atoms with Crippen LogP contribution in [0.2, 0.25) is 0 Å². The highest BCUT2D eigenvalue weighted by Gasteiger charge is 2.28. The van der Waals surface area contributed by atoms with Gasteiger partial charge in [0.15, 0.2) is 0 Å². The molecule has 5 heteroatoms. The van der Waals surface area contributed by atoms with Crippen molar-refractivity contribution < 1.29 is 4.79 Å². The Morgan fingerprint density at radius 2 is 1.90 bits per heavy atom. The zero-order chi connectivity index (χ0) is 15.2. The van der Waals surface area contributed by atoms with E-state index in [0.717, 1.165) is 52.0 Å². The topological polar surface area (TPSA) is 38.8 Å². The van der Waals surface area contributed by atoms with E-state index in [4.69, 9.17) is 0 Å². The zero-order valence-electron chi connectivity index (χ0n) is 14.0. The van der Waals surface area contributed by atoms with Crippen LogP contribution < -0.4 is 5.32 Å². The van der Waals surface area contributed by atoms with Crippen LogP contribution in [-0.2, 0) is 4.79 Å². The van der Waals surface area contributed by atoms with E-state index in [1.165, 1.54) is 6.42 Å². The average molecular weight is 296 g/mol. The summed E-state index contributed by atoms with van der Waals surface area (Å²) in [6, 6.07) is 0.848. The van der Waals surface area contributed by atoms with Crippen LogP contribution in [0.25, 0.3) is 0 Å². The fraction of sp³-hybridized carbons (Fsp3) is 0.938. The van der Waals surface area contributed by atoms with Crippen LogP contribution >= 0.6 is 0 Å². The minimum absolute atomic E-state index is 0.353. The molecular weight excluding hydrogens is 264 g/mol. The molecule has 2 aliphatic heterocycles. The first kappa shape index (κ1) is 16.7. The van der Waals surface area contributed by atoms with Crippen LogP contribution in [0, 0.1) is 0 Å². The van der Waals surface area contributed by atoms with Gasteiger partial charge in [-0.25, -0.2) is 0 Å². The molecule has 0 aromatic heterocycles. The molecule has 1 amide bonds. The van der Waals surface area contributed by atoms with Crippen LogP contribution in [0.15, 0.2) is 0 Å². The van der Waals surface area contributed by atoms with Crippen molar-refractivity contribution in [3.05, 3.63) is 0 Å². The van der Waals surface area contributed by atoms with Gasteiger partial charge in [0.1, 0.15) is 0 Å². The second-order valence-corrected chi connectivity index (χ2v) is 6.92. The molecule has 2 saturated heterocycles. The van der Waals surface area contributed by atoms with E-state index in [1.54, 1.807) is 0 Å². The van der Waals surface area contributed by atoms with Gasteiger partial charge in [-0.1, -0.05) is 0 Å². The van der Waals surface area contributed by atoms with E-state index < -0.39 is 0 Å². The van der Waals surface area contributed by atoms with Crippen LogP contribution in [-0.4, -0.2) is 86.6 Å². The smallest absolute Gasteiger partial charge is 0.224 e. The number of hydrogen-bond acceptors (Lipinski definition) is 4. The number of nitrogens with zero attached hydrogens (tertiary/aromatic N) is 3. The first-order valence-electron chi connectivity index (χ1n) is 8.42. The Labute approximate surface area is 129 Å². The molecule has 0 aromatic carbocycles. The molecule has 1 N–H and O–H groups in total. The average Bonchev–Trinajstić information content (AvgIpc) is 2.93. The second kappa shape index (κ2) is 8.11. The fourth-order valence-corrected chi connectivity index (χ4v) is 3.38. The summed E-state index contributed by atoms with van der Waals surface area (Å²) < 4.78 is 0. The molecule has 122 valence electrons. The van der Waals surface area contributed by atoms with Gasteiger partial charge in [-0.2, -0.15) is 0 Å². The SMILES string of the molecule is CN(C)CCN(C(=O)CC1CCCN1)C1CCN(C)CC1. The molecule has 0 radical (unpaired) electrons. The molecular formula is C16H32N4O. The lowest BCUT2D eigenvalue weighted by atomic mass is 10.0. The van der Waals surface area contributed by atoms with Gasteiger partial charge in [0.2, 0.25) is 5.91 Å². The van der Waals surface area contributed by atoms with Crippen molar-refractivity contribution in [2.75, 3.05) is 53.9 Å². The third-order valence-electron chi connectivity index (χ3n) is 4.82. The minimum atomic E-state index is 0.353. The van der Waals surface area contributed by atoms with Crippen molar-refractivity contribution in [1.82, 2.24) is 20.0 Å². The molecule has 1 atom stereocenters. The van der Waals surface area contributed by atoms with Crippen LogP contribution in [0.1, 0.15) is 32.1 Å². The monoisotopic (exact) mass is 296 g/mol. The molecule has 0 aliphatic carbocycles. The fourth-order valence-electron chi connectivity index (χ4n) is 3.38. The highest BCUT2D eigenvalue weighted by Crippen LogP contribution is 2.18. The van der Waals surface area contributed by atoms with Gasteiger partial charge < -0.3 is 20.0 Å². The number of carbonyl (C=O) groups is 1. The third-order valence-corrected chi connectivity index (χ3v) is 4.82. The van der Waals surface area contributed by atoms with Gasteiger partial charge in [0.25, 0.3) is 0 Å². The first-order chi connectivity index (χ1) is 10.1. The highest BCUT2D eigenvalue weighted by molar-refractivity contribution is 5.77. The largest absolute Gasteiger partial charge is 0.338 e. The number of likely N-dealkylation sites (N-methyl/N-ethyl adjacent to an activating group) is 1. The van der Waals surface area contributed by atoms with E-state index >= 15 is 0 Å². The molecule has 2 rings (SSSR count). The maximum absolute atomic E-state index is 12.7. The summed E-state index contributed by atoms with van der Waals surface area (Å²) in [6.45, 7) is 5.11. The summed E-state index contributed by atoms with van der Waals surface area (Å²) in [5, 5.41) is 3.45. The minimum Gasteiger partial charge on any atom is -0.338 e. The zero-order valence-corrected chi connectivity index (χ0v) is 14.0. The molecule has 0 spiro atoms. The van der Waals surface area contributed by atoms with E-state index in [-0.39, 0.29) is 0 Å². The van der Waals surface area contributed by atoms with Crippen molar-refractivity contribution in [1.29, 1.82) is 0 Å². The van der Waals surface area contributed by atoms with Gasteiger partial charge >= 0.3 is 0 Å². The maximum atomic E-state index is 12.7. The Hall–Kier alpha value is -0.650. The molecule has 1 unspecified atom stereocenters. The lowest BCUT2D eigenvalue weighted by Crippen LogP contribution is -2.49. The third kappa shape index (κ3) is 5.24. The van der Waals surface area contributed by atoms with Crippen molar-refractivity contribution in [3.63, 3.8) is 0 Å². The Kier molecular flexibility index (Phi) is 6.45. The summed E-state index contributed by atoms with van der Waals surface area (Å²) in [7, 11) is 6.33. The lowest BCUT2D eigenvalue weighted by molar-refractivity contribution is -0.135. The summed E-state index contributed by atoms with van der Waals surface area (Å²) in [5.74, 6) is 0.353. The van der Waals surface area contributed by atoms with Crippen molar-refractivity contribution in [2.24, 2.45) is 0 Å². The van der Waals surface area contributed by atoms with E-state index in [9.17, 15) is 4.79 Å². The van der Waals surface area contributed by atoms with E-state index in [0.29, 0.717) is 24.4 Å². The molecule has 21 heavy (non-hydrogen) atoms. The van der Waals surface area contributed by atoms with Gasteiger partial charge in [-0.05, 0) is 66.5 Å². The number of amides is 1. The summed E-state index contributed by atoms with van der Waals surface area (Å²) in [4.78, 5) is 19.5. The summed E-state index contributed by atoms with van der Waals surface area (Å²) >= 11 is 0. The second-order valence-electron chi connectivity index (χ2n) is 6.92. The van der Waals surface area contributed by atoms with Gasteiger partial charge in [0, 0.05) is 31.6 Å². The molecule has 2 aliphatic rings. The van der Waals surface area contributed by atoms with Crippen LogP contribution in [0.3, 0.4) is 0 Å². The number of nitrogens with one attached hydrogen (secondary N) is 1.